The molecule has 0 saturated heterocycles. The topological polar surface area (TPSA) is 0 Å². The SMILES string of the molecule is CC(C)/C(=C/c1cc(Cl)ccc1F)CCl. The number of halogens is 3. The van der Waals surface area contributed by atoms with Crippen LogP contribution in [0, 0.1) is 11.7 Å². The molecule has 0 fully saturated rings. The van der Waals surface area contributed by atoms with Crippen molar-refractivity contribution in [3.63, 3.8) is 0 Å². The van der Waals surface area contributed by atoms with Gasteiger partial charge < -0.3 is 0 Å². The summed E-state index contributed by atoms with van der Waals surface area (Å²) in [7, 11) is 0. The Balaban J connectivity index is 3.10. The van der Waals surface area contributed by atoms with Gasteiger partial charge in [-0.1, -0.05) is 37.1 Å². The quantitative estimate of drug-likeness (QED) is 0.675. The maximum atomic E-state index is 13.4. The molecule has 0 atom stereocenters. The van der Waals surface area contributed by atoms with Crippen molar-refractivity contribution in [1.82, 2.24) is 0 Å². The van der Waals surface area contributed by atoms with Crippen LogP contribution in [0.5, 0.6) is 0 Å². The summed E-state index contributed by atoms with van der Waals surface area (Å²) in [5, 5.41) is 0.528. The molecule has 0 heterocycles. The Hall–Kier alpha value is -0.530. The molecule has 0 radical (unpaired) electrons. The van der Waals surface area contributed by atoms with Crippen molar-refractivity contribution < 1.29 is 4.39 Å². The lowest BCUT2D eigenvalue weighted by Crippen LogP contribution is -1.96. The van der Waals surface area contributed by atoms with Crippen LogP contribution in [0.2, 0.25) is 5.02 Å². The molecule has 82 valence electrons. The third-order valence-corrected chi connectivity index (χ3v) is 2.74. The van der Waals surface area contributed by atoms with Gasteiger partial charge in [-0.3, -0.25) is 0 Å². The first-order valence-corrected chi connectivity index (χ1v) is 5.67. The second-order valence-corrected chi connectivity index (χ2v) is 4.38. The highest BCUT2D eigenvalue weighted by Gasteiger charge is 2.05. The molecule has 15 heavy (non-hydrogen) atoms. The molecular formula is C12H13Cl2F. The van der Waals surface area contributed by atoms with Gasteiger partial charge in [0.05, 0.1) is 0 Å². The highest BCUT2D eigenvalue weighted by Crippen LogP contribution is 2.21. The Morgan fingerprint density at radius 1 is 1.47 bits per heavy atom. The van der Waals surface area contributed by atoms with Crippen molar-refractivity contribution >= 4 is 29.3 Å². The molecule has 0 aliphatic rings. The van der Waals surface area contributed by atoms with Crippen LogP contribution in [0.15, 0.2) is 23.8 Å². The minimum absolute atomic E-state index is 0.275. The van der Waals surface area contributed by atoms with Crippen molar-refractivity contribution in [2.75, 3.05) is 5.88 Å². The maximum Gasteiger partial charge on any atom is 0.130 e. The average Bonchev–Trinajstić information content (AvgIpc) is 2.18. The van der Waals surface area contributed by atoms with E-state index in [2.05, 4.69) is 0 Å². The summed E-state index contributed by atoms with van der Waals surface area (Å²) in [5.74, 6) is 0.437. The van der Waals surface area contributed by atoms with Crippen LogP contribution in [-0.2, 0) is 0 Å². The minimum atomic E-state index is -0.275. The number of alkyl halides is 1. The van der Waals surface area contributed by atoms with Gasteiger partial charge >= 0.3 is 0 Å². The molecule has 0 saturated carbocycles. The average molecular weight is 247 g/mol. The van der Waals surface area contributed by atoms with Crippen molar-refractivity contribution in [1.29, 1.82) is 0 Å². The van der Waals surface area contributed by atoms with Gasteiger partial charge in [0.1, 0.15) is 5.82 Å². The molecule has 0 nitrogen and oxygen atoms in total. The summed E-state index contributed by atoms with van der Waals surface area (Å²) in [6.45, 7) is 4.05. The number of hydrogen-bond donors (Lipinski definition) is 0. The van der Waals surface area contributed by atoms with E-state index in [0.717, 1.165) is 5.57 Å². The first kappa shape index (κ1) is 12.5. The van der Waals surface area contributed by atoms with Crippen LogP contribution >= 0.6 is 23.2 Å². The monoisotopic (exact) mass is 246 g/mol. The normalized spacial score (nSPS) is 12.3. The van der Waals surface area contributed by atoms with Crippen LogP contribution in [0.1, 0.15) is 19.4 Å². The van der Waals surface area contributed by atoms with E-state index >= 15 is 0 Å². The molecule has 1 aromatic rings. The van der Waals surface area contributed by atoms with Crippen molar-refractivity contribution in [2.45, 2.75) is 13.8 Å². The van der Waals surface area contributed by atoms with Gasteiger partial charge in [0.15, 0.2) is 0 Å². The van der Waals surface area contributed by atoms with Gasteiger partial charge in [-0.15, -0.1) is 11.6 Å². The molecule has 0 spiro atoms. The summed E-state index contributed by atoms with van der Waals surface area (Å²) in [5.41, 5.74) is 1.49. The Bertz CT molecular complexity index is 370. The van der Waals surface area contributed by atoms with Crippen LogP contribution in [0.4, 0.5) is 4.39 Å². The van der Waals surface area contributed by atoms with Gasteiger partial charge in [-0.25, -0.2) is 4.39 Å². The number of allylic oxidation sites excluding steroid dienone is 1. The molecule has 1 rings (SSSR count). The van der Waals surface area contributed by atoms with Crippen LogP contribution < -0.4 is 0 Å². The molecule has 1 aromatic carbocycles. The lowest BCUT2D eigenvalue weighted by molar-refractivity contribution is 0.624. The second-order valence-electron chi connectivity index (χ2n) is 3.67. The van der Waals surface area contributed by atoms with Gasteiger partial charge in [-0.05, 0) is 24.1 Å². The zero-order valence-corrected chi connectivity index (χ0v) is 10.2. The molecule has 3 heteroatoms. The largest absolute Gasteiger partial charge is 0.206 e. The van der Waals surface area contributed by atoms with E-state index in [0.29, 0.717) is 22.4 Å². The summed E-state index contributed by atoms with van der Waals surface area (Å²) in [6.07, 6.45) is 1.76. The Kier molecular flexibility index (Phi) is 4.62. The lowest BCUT2D eigenvalue weighted by Gasteiger charge is -2.08. The van der Waals surface area contributed by atoms with E-state index in [9.17, 15) is 4.39 Å². The smallest absolute Gasteiger partial charge is 0.130 e. The van der Waals surface area contributed by atoms with Gasteiger partial charge in [-0.2, -0.15) is 0 Å². The van der Waals surface area contributed by atoms with E-state index in [-0.39, 0.29) is 5.82 Å². The predicted molar refractivity (Wildman–Crippen MR) is 64.9 cm³/mol. The first-order chi connectivity index (χ1) is 7.04. The van der Waals surface area contributed by atoms with Gasteiger partial charge in [0.2, 0.25) is 0 Å². The van der Waals surface area contributed by atoms with E-state index in [4.69, 9.17) is 23.2 Å². The summed E-state index contributed by atoms with van der Waals surface area (Å²) < 4.78 is 13.4. The second kappa shape index (κ2) is 5.53. The molecule has 0 N–H and O–H groups in total. The van der Waals surface area contributed by atoms with Gasteiger partial charge in [0.25, 0.3) is 0 Å². The minimum Gasteiger partial charge on any atom is -0.206 e. The zero-order valence-electron chi connectivity index (χ0n) is 8.73. The highest BCUT2D eigenvalue weighted by atomic mass is 35.5. The molecular weight excluding hydrogens is 234 g/mol. The van der Waals surface area contributed by atoms with E-state index < -0.39 is 0 Å². The molecule has 0 aliphatic heterocycles. The Labute approximate surface area is 99.7 Å². The molecule has 0 unspecified atom stereocenters. The van der Waals surface area contributed by atoms with Crippen LogP contribution in [-0.4, -0.2) is 5.88 Å². The first-order valence-electron chi connectivity index (χ1n) is 4.76. The summed E-state index contributed by atoms with van der Waals surface area (Å²) in [4.78, 5) is 0. The van der Waals surface area contributed by atoms with E-state index in [1.807, 2.05) is 13.8 Å². The third-order valence-electron chi connectivity index (χ3n) is 2.19. The fraction of sp³-hybridized carbons (Fsp3) is 0.333. The van der Waals surface area contributed by atoms with Gasteiger partial charge in [0, 0.05) is 16.5 Å². The Morgan fingerprint density at radius 3 is 2.67 bits per heavy atom. The standard InChI is InChI=1S/C12H13Cl2F/c1-8(2)10(7-13)5-9-6-11(14)3-4-12(9)15/h3-6,8H,7H2,1-2H3/b10-5+. The fourth-order valence-corrected chi connectivity index (χ4v) is 1.75. The summed E-state index contributed by atoms with van der Waals surface area (Å²) in [6, 6.07) is 4.50. The van der Waals surface area contributed by atoms with E-state index in [1.165, 1.54) is 12.1 Å². The highest BCUT2D eigenvalue weighted by molar-refractivity contribution is 6.30. The number of hydrogen-bond acceptors (Lipinski definition) is 0. The maximum absolute atomic E-state index is 13.4. The molecule has 0 amide bonds. The molecule has 0 aliphatic carbocycles. The van der Waals surface area contributed by atoms with E-state index in [1.54, 1.807) is 12.1 Å². The lowest BCUT2D eigenvalue weighted by atomic mass is 10.0. The zero-order chi connectivity index (χ0) is 11.4. The number of rotatable bonds is 3. The molecule has 0 aromatic heterocycles. The Morgan fingerprint density at radius 2 is 2.13 bits per heavy atom. The molecule has 0 bridgehead atoms. The predicted octanol–water partition coefficient (Wildman–Crippen LogP) is 4.76. The summed E-state index contributed by atoms with van der Waals surface area (Å²) >= 11 is 11.6. The van der Waals surface area contributed by atoms with Crippen molar-refractivity contribution in [2.24, 2.45) is 5.92 Å². The third kappa shape index (κ3) is 3.51. The number of benzene rings is 1. The van der Waals surface area contributed by atoms with Crippen molar-refractivity contribution in [3.05, 3.63) is 40.2 Å². The fourth-order valence-electron chi connectivity index (χ4n) is 1.18. The van der Waals surface area contributed by atoms with Crippen molar-refractivity contribution in [3.8, 4) is 0 Å². The van der Waals surface area contributed by atoms with Crippen LogP contribution in [0.25, 0.3) is 6.08 Å². The van der Waals surface area contributed by atoms with Crippen LogP contribution in [0.3, 0.4) is 0 Å².